The molecule has 1 saturated heterocycles. The standard InChI is InChI=1S/C23H25F3N6O3S/c1-14-11-31(22(6-7-27)12-32(13-22)36(34,35)23(24,25)26)9-5-16(14)18-10-19(30-21(33)15-2-3-15)29-20-17(18)4-8-28-20/h4-5,8,10,14-15H,2-3,6,9,11-13H2,1H3,(H2,28,29,30,33). The lowest BCUT2D eigenvalue weighted by atomic mass is 9.82. The first-order chi connectivity index (χ1) is 16.9. The van der Waals surface area contributed by atoms with E-state index in [4.69, 9.17) is 0 Å². The topological polar surface area (TPSA) is 122 Å². The molecule has 192 valence electrons. The molecule has 5 rings (SSSR count). The van der Waals surface area contributed by atoms with Gasteiger partial charge in [-0.1, -0.05) is 13.0 Å². The van der Waals surface area contributed by atoms with E-state index >= 15 is 0 Å². The van der Waals surface area contributed by atoms with Gasteiger partial charge in [0.1, 0.15) is 11.5 Å². The van der Waals surface area contributed by atoms with Gasteiger partial charge >= 0.3 is 15.5 Å². The summed E-state index contributed by atoms with van der Waals surface area (Å²) in [5.41, 5.74) is -3.84. The highest BCUT2D eigenvalue weighted by Gasteiger charge is 2.59. The van der Waals surface area contributed by atoms with Gasteiger partial charge in [0.25, 0.3) is 0 Å². The maximum absolute atomic E-state index is 13.0. The highest BCUT2D eigenvalue weighted by Crippen LogP contribution is 2.42. The smallest absolute Gasteiger partial charge is 0.346 e. The third-order valence-electron chi connectivity index (χ3n) is 7.25. The molecule has 1 amide bonds. The number of amides is 1. The number of fused-ring (bicyclic) bond motifs is 1. The maximum atomic E-state index is 13.0. The van der Waals surface area contributed by atoms with Crippen LogP contribution < -0.4 is 5.32 Å². The SMILES string of the molecule is CC1CN(C2(CC#N)CN(S(=O)(=O)C(F)(F)F)C2)CC=C1c1cc(NC(=O)C2CC2)nc2[nH]ccc12. The van der Waals surface area contributed by atoms with Crippen LogP contribution >= 0.6 is 0 Å². The van der Waals surface area contributed by atoms with E-state index in [-0.39, 0.29) is 37.3 Å². The molecule has 2 aromatic rings. The Kier molecular flexibility index (Phi) is 5.89. The van der Waals surface area contributed by atoms with Gasteiger partial charge in [0.05, 0.1) is 18.0 Å². The fourth-order valence-corrected chi connectivity index (χ4v) is 6.20. The summed E-state index contributed by atoms with van der Waals surface area (Å²) in [6.45, 7) is 1.99. The van der Waals surface area contributed by atoms with Crippen LogP contribution in [0.2, 0.25) is 0 Å². The maximum Gasteiger partial charge on any atom is 0.511 e. The molecule has 2 aliphatic heterocycles. The first-order valence-corrected chi connectivity index (χ1v) is 13.1. The number of carbonyl (C=O) groups is 1. The highest BCUT2D eigenvalue weighted by molar-refractivity contribution is 7.90. The van der Waals surface area contributed by atoms with Crippen LogP contribution in [0.15, 0.2) is 24.4 Å². The highest BCUT2D eigenvalue weighted by atomic mass is 32.2. The normalized spacial score (nSPS) is 23.1. The van der Waals surface area contributed by atoms with Gasteiger partial charge in [-0.3, -0.25) is 9.69 Å². The number of anilines is 1. The summed E-state index contributed by atoms with van der Waals surface area (Å²) >= 11 is 0. The van der Waals surface area contributed by atoms with Crippen molar-refractivity contribution in [2.24, 2.45) is 11.8 Å². The van der Waals surface area contributed by atoms with Crippen LogP contribution in [0.25, 0.3) is 16.6 Å². The molecule has 1 unspecified atom stereocenters. The molecule has 0 aromatic carbocycles. The van der Waals surface area contributed by atoms with Crippen molar-refractivity contribution in [2.45, 2.75) is 37.2 Å². The van der Waals surface area contributed by atoms with Gasteiger partial charge in [-0.2, -0.15) is 22.7 Å². The number of nitrogens with zero attached hydrogens (tertiary/aromatic N) is 4. The quantitative estimate of drug-likeness (QED) is 0.601. The molecule has 1 atom stereocenters. The van der Waals surface area contributed by atoms with Gasteiger partial charge in [0, 0.05) is 43.7 Å². The number of H-pyrrole nitrogens is 1. The Labute approximate surface area is 206 Å². The average Bonchev–Trinajstić information content (AvgIpc) is 3.52. The monoisotopic (exact) mass is 522 g/mol. The average molecular weight is 523 g/mol. The Morgan fingerprint density at radius 1 is 1.36 bits per heavy atom. The summed E-state index contributed by atoms with van der Waals surface area (Å²) in [5, 5.41) is 13.1. The van der Waals surface area contributed by atoms with Gasteiger partial charge in [-0.05, 0) is 42.0 Å². The number of hydrogen-bond acceptors (Lipinski definition) is 6. The molecule has 4 heterocycles. The zero-order valence-electron chi connectivity index (χ0n) is 19.5. The molecule has 1 aliphatic carbocycles. The number of halogens is 3. The van der Waals surface area contributed by atoms with E-state index in [9.17, 15) is 31.6 Å². The second-order valence-electron chi connectivity index (χ2n) is 9.80. The predicted molar refractivity (Wildman–Crippen MR) is 126 cm³/mol. The molecule has 1 saturated carbocycles. The van der Waals surface area contributed by atoms with Crippen molar-refractivity contribution < 1.29 is 26.4 Å². The number of rotatable bonds is 6. The van der Waals surface area contributed by atoms with E-state index in [1.54, 1.807) is 6.20 Å². The third-order valence-corrected chi connectivity index (χ3v) is 8.77. The minimum absolute atomic E-state index is 0.0236. The summed E-state index contributed by atoms with van der Waals surface area (Å²) in [5.74, 6) is 0.337. The van der Waals surface area contributed by atoms with Gasteiger partial charge in [-0.15, -0.1) is 0 Å². The first-order valence-electron chi connectivity index (χ1n) is 11.6. The van der Waals surface area contributed by atoms with E-state index < -0.39 is 21.1 Å². The molecular weight excluding hydrogens is 497 g/mol. The predicted octanol–water partition coefficient (Wildman–Crippen LogP) is 3.06. The van der Waals surface area contributed by atoms with Crippen LogP contribution in [0, 0.1) is 23.2 Å². The Balaban J connectivity index is 1.40. The molecule has 0 spiro atoms. The zero-order chi connectivity index (χ0) is 25.9. The van der Waals surface area contributed by atoms with Gasteiger partial charge < -0.3 is 10.3 Å². The van der Waals surface area contributed by atoms with Crippen molar-refractivity contribution in [1.82, 2.24) is 19.2 Å². The van der Waals surface area contributed by atoms with E-state index in [2.05, 4.69) is 15.3 Å². The molecule has 2 fully saturated rings. The van der Waals surface area contributed by atoms with Crippen molar-refractivity contribution in [2.75, 3.05) is 31.5 Å². The van der Waals surface area contributed by atoms with Crippen LogP contribution in [-0.4, -0.2) is 70.7 Å². The Morgan fingerprint density at radius 2 is 2.08 bits per heavy atom. The van der Waals surface area contributed by atoms with Crippen molar-refractivity contribution in [3.63, 3.8) is 0 Å². The fourth-order valence-electron chi connectivity index (χ4n) is 5.09. The van der Waals surface area contributed by atoms with Crippen molar-refractivity contribution in [1.29, 1.82) is 5.26 Å². The van der Waals surface area contributed by atoms with Crippen LogP contribution in [0.3, 0.4) is 0 Å². The molecule has 2 N–H and O–H groups in total. The van der Waals surface area contributed by atoms with Crippen molar-refractivity contribution in [3.05, 3.63) is 30.0 Å². The summed E-state index contributed by atoms with van der Waals surface area (Å²) in [6.07, 6.45) is 5.38. The molecule has 9 nitrogen and oxygen atoms in total. The number of nitrogens with one attached hydrogen (secondary N) is 2. The molecular formula is C23H25F3N6O3S. The Bertz CT molecular complexity index is 1380. The van der Waals surface area contributed by atoms with Gasteiger partial charge in [0.15, 0.2) is 0 Å². The molecule has 2 aromatic heterocycles. The second kappa shape index (κ2) is 8.57. The zero-order valence-corrected chi connectivity index (χ0v) is 20.3. The van der Waals surface area contributed by atoms with E-state index in [1.807, 2.05) is 36.1 Å². The minimum atomic E-state index is -5.43. The lowest BCUT2D eigenvalue weighted by Crippen LogP contribution is -2.72. The fraction of sp³-hybridized carbons (Fsp3) is 0.522. The number of aromatic amines is 1. The number of pyridine rings is 1. The first kappa shape index (κ1) is 24.7. The van der Waals surface area contributed by atoms with E-state index in [0.29, 0.717) is 28.9 Å². The summed E-state index contributed by atoms with van der Waals surface area (Å²) in [7, 11) is -5.43. The van der Waals surface area contributed by atoms with Crippen LogP contribution in [0.4, 0.5) is 19.0 Å². The van der Waals surface area contributed by atoms with Crippen LogP contribution in [0.5, 0.6) is 0 Å². The molecule has 0 bridgehead atoms. The number of nitriles is 1. The largest absolute Gasteiger partial charge is 0.511 e. The summed E-state index contributed by atoms with van der Waals surface area (Å²) in [4.78, 5) is 21.8. The van der Waals surface area contributed by atoms with Gasteiger partial charge in [-0.25, -0.2) is 13.4 Å². The van der Waals surface area contributed by atoms with Crippen molar-refractivity contribution in [3.8, 4) is 6.07 Å². The molecule has 36 heavy (non-hydrogen) atoms. The summed E-state index contributed by atoms with van der Waals surface area (Å²) < 4.78 is 63.0. The number of hydrogen-bond donors (Lipinski definition) is 2. The number of aromatic nitrogens is 2. The van der Waals surface area contributed by atoms with Gasteiger partial charge in [0.2, 0.25) is 5.91 Å². The van der Waals surface area contributed by atoms with Crippen LogP contribution in [0.1, 0.15) is 31.7 Å². The molecule has 3 aliphatic rings. The number of alkyl halides is 3. The Morgan fingerprint density at radius 3 is 2.69 bits per heavy atom. The van der Waals surface area contributed by atoms with Crippen LogP contribution in [-0.2, 0) is 14.8 Å². The second-order valence-corrected chi connectivity index (χ2v) is 11.7. The number of carbonyl (C=O) groups excluding carboxylic acids is 1. The minimum Gasteiger partial charge on any atom is -0.346 e. The van der Waals surface area contributed by atoms with E-state index in [0.717, 1.165) is 29.4 Å². The van der Waals surface area contributed by atoms with Crippen molar-refractivity contribution >= 4 is 38.4 Å². The molecule has 0 radical (unpaired) electrons. The lowest BCUT2D eigenvalue weighted by molar-refractivity contribution is -0.117. The number of sulfonamides is 1. The lowest BCUT2D eigenvalue weighted by Gasteiger charge is -2.55. The van der Waals surface area contributed by atoms with E-state index in [1.165, 1.54) is 0 Å². The third kappa shape index (κ3) is 4.16. The molecule has 13 heteroatoms. The summed E-state index contributed by atoms with van der Waals surface area (Å²) in [6, 6.07) is 5.75. The Hall–Kier alpha value is -2.95.